The minimum absolute atomic E-state index is 0.526. The Morgan fingerprint density at radius 3 is 2.47 bits per heavy atom. The van der Waals surface area contributed by atoms with Crippen LogP contribution in [0.15, 0.2) is 16.5 Å². The van der Waals surface area contributed by atoms with Crippen molar-refractivity contribution in [2.24, 2.45) is 0 Å². The van der Waals surface area contributed by atoms with Crippen LogP contribution < -0.4 is 0 Å². The van der Waals surface area contributed by atoms with Gasteiger partial charge >= 0.3 is 0 Å². The average Bonchev–Trinajstić information content (AvgIpc) is 2.73. The SMILES string of the molecule is Cc1oc(C)c(C(O)Cc2ccc(Cl)s2)c1C. The van der Waals surface area contributed by atoms with Crippen LogP contribution >= 0.6 is 22.9 Å². The highest BCUT2D eigenvalue weighted by molar-refractivity contribution is 7.16. The zero-order valence-electron chi connectivity index (χ0n) is 10.1. The minimum atomic E-state index is -0.526. The number of thiophene rings is 1. The van der Waals surface area contributed by atoms with E-state index in [2.05, 4.69) is 0 Å². The molecule has 2 heterocycles. The summed E-state index contributed by atoms with van der Waals surface area (Å²) in [5, 5.41) is 10.3. The van der Waals surface area contributed by atoms with Gasteiger partial charge in [0.25, 0.3) is 0 Å². The van der Waals surface area contributed by atoms with Crippen LogP contribution in [0.25, 0.3) is 0 Å². The number of aryl methyl sites for hydroxylation is 2. The molecule has 17 heavy (non-hydrogen) atoms. The number of rotatable bonds is 3. The van der Waals surface area contributed by atoms with E-state index in [9.17, 15) is 5.11 Å². The van der Waals surface area contributed by atoms with E-state index < -0.39 is 6.10 Å². The van der Waals surface area contributed by atoms with E-state index in [1.54, 1.807) is 0 Å². The Kier molecular flexibility index (Phi) is 3.61. The Balaban J connectivity index is 2.22. The second-order valence-electron chi connectivity index (χ2n) is 4.18. The van der Waals surface area contributed by atoms with Crippen molar-refractivity contribution >= 4 is 22.9 Å². The lowest BCUT2D eigenvalue weighted by Crippen LogP contribution is -2.02. The molecule has 0 radical (unpaired) electrons. The topological polar surface area (TPSA) is 33.4 Å². The number of aliphatic hydroxyl groups is 1. The van der Waals surface area contributed by atoms with Gasteiger partial charge in [-0.05, 0) is 38.5 Å². The van der Waals surface area contributed by atoms with Crippen molar-refractivity contribution < 1.29 is 9.52 Å². The van der Waals surface area contributed by atoms with E-state index in [4.69, 9.17) is 16.0 Å². The van der Waals surface area contributed by atoms with Crippen LogP contribution in [0.2, 0.25) is 4.34 Å². The molecular formula is C13H15ClO2S. The first-order chi connectivity index (χ1) is 7.99. The van der Waals surface area contributed by atoms with Gasteiger partial charge in [-0.15, -0.1) is 11.3 Å². The van der Waals surface area contributed by atoms with Crippen molar-refractivity contribution in [3.8, 4) is 0 Å². The zero-order chi connectivity index (χ0) is 12.6. The molecule has 0 fully saturated rings. The third-order valence-corrected chi connectivity index (χ3v) is 4.23. The minimum Gasteiger partial charge on any atom is -0.466 e. The third kappa shape index (κ3) is 2.57. The second-order valence-corrected chi connectivity index (χ2v) is 5.98. The van der Waals surface area contributed by atoms with Crippen LogP contribution in [-0.4, -0.2) is 5.11 Å². The van der Waals surface area contributed by atoms with Gasteiger partial charge in [0.05, 0.1) is 10.4 Å². The molecule has 1 N–H and O–H groups in total. The van der Waals surface area contributed by atoms with Crippen molar-refractivity contribution in [2.75, 3.05) is 0 Å². The molecule has 92 valence electrons. The number of furan rings is 1. The maximum Gasteiger partial charge on any atom is 0.107 e. The van der Waals surface area contributed by atoms with Crippen molar-refractivity contribution in [2.45, 2.75) is 33.3 Å². The molecule has 0 amide bonds. The van der Waals surface area contributed by atoms with Crippen LogP contribution in [0.4, 0.5) is 0 Å². The van der Waals surface area contributed by atoms with Gasteiger partial charge in [0.15, 0.2) is 0 Å². The van der Waals surface area contributed by atoms with Crippen molar-refractivity contribution in [1.82, 2.24) is 0 Å². The fourth-order valence-electron chi connectivity index (χ4n) is 2.05. The van der Waals surface area contributed by atoms with E-state index in [0.717, 1.165) is 31.9 Å². The maximum atomic E-state index is 10.3. The Hall–Kier alpha value is -0.770. The first kappa shape index (κ1) is 12.7. The van der Waals surface area contributed by atoms with E-state index in [0.29, 0.717) is 6.42 Å². The monoisotopic (exact) mass is 270 g/mol. The summed E-state index contributed by atoms with van der Waals surface area (Å²) in [4.78, 5) is 1.08. The summed E-state index contributed by atoms with van der Waals surface area (Å²) in [6.07, 6.45) is 0.0556. The van der Waals surface area contributed by atoms with Gasteiger partial charge < -0.3 is 9.52 Å². The van der Waals surface area contributed by atoms with E-state index in [1.807, 2.05) is 32.9 Å². The summed E-state index contributed by atoms with van der Waals surface area (Å²) in [6, 6.07) is 3.81. The lowest BCUT2D eigenvalue weighted by molar-refractivity contribution is 0.177. The van der Waals surface area contributed by atoms with Gasteiger partial charge in [-0.3, -0.25) is 0 Å². The molecule has 0 saturated heterocycles. The van der Waals surface area contributed by atoms with E-state index >= 15 is 0 Å². The largest absolute Gasteiger partial charge is 0.466 e. The highest BCUT2D eigenvalue weighted by atomic mass is 35.5. The van der Waals surface area contributed by atoms with Gasteiger partial charge in [0.2, 0.25) is 0 Å². The highest BCUT2D eigenvalue weighted by Crippen LogP contribution is 2.31. The third-order valence-electron chi connectivity index (χ3n) is 2.97. The van der Waals surface area contributed by atoms with Crippen LogP contribution in [0.5, 0.6) is 0 Å². The highest BCUT2D eigenvalue weighted by Gasteiger charge is 2.19. The van der Waals surface area contributed by atoms with Gasteiger partial charge in [0.1, 0.15) is 11.5 Å². The first-order valence-electron chi connectivity index (χ1n) is 5.47. The Labute approximate surface area is 110 Å². The normalized spacial score (nSPS) is 13.0. The predicted octanol–water partition coefficient (Wildman–Crippen LogP) is 4.20. The summed E-state index contributed by atoms with van der Waals surface area (Å²) >= 11 is 7.38. The number of aliphatic hydroxyl groups excluding tert-OH is 1. The van der Waals surface area contributed by atoms with Crippen molar-refractivity contribution in [1.29, 1.82) is 0 Å². The molecule has 4 heteroatoms. The molecule has 1 atom stereocenters. The summed E-state index contributed by atoms with van der Waals surface area (Å²) < 4.78 is 6.28. The smallest absolute Gasteiger partial charge is 0.107 e. The Morgan fingerprint density at radius 2 is 2.00 bits per heavy atom. The van der Waals surface area contributed by atoms with Gasteiger partial charge in [-0.25, -0.2) is 0 Å². The van der Waals surface area contributed by atoms with Gasteiger partial charge in [-0.2, -0.15) is 0 Å². The first-order valence-corrected chi connectivity index (χ1v) is 6.67. The molecule has 0 aromatic carbocycles. The fourth-order valence-corrected chi connectivity index (χ4v) is 3.18. The van der Waals surface area contributed by atoms with Gasteiger partial charge in [-0.1, -0.05) is 11.6 Å². The number of halogens is 1. The molecule has 0 aliphatic rings. The molecule has 0 aliphatic carbocycles. The molecule has 1 unspecified atom stereocenters. The molecule has 0 bridgehead atoms. The quantitative estimate of drug-likeness (QED) is 0.907. The summed E-state index contributed by atoms with van der Waals surface area (Å²) in [6.45, 7) is 5.78. The lowest BCUT2D eigenvalue weighted by Gasteiger charge is -2.09. The van der Waals surface area contributed by atoms with Crippen LogP contribution in [0, 0.1) is 20.8 Å². The van der Waals surface area contributed by atoms with Crippen LogP contribution in [0.1, 0.15) is 33.6 Å². The summed E-state index contributed by atoms with van der Waals surface area (Å²) in [5.74, 6) is 1.68. The predicted molar refractivity (Wildman–Crippen MR) is 70.9 cm³/mol. The molecule has 0 aliphatic heterocycles. The number of hydrogen-bond acceptors (Lipinski definition) is 3. The average molecular weight is 271 g/mol. The molecule has 2 aromatic rings. The molecular weight excluding hydrogens is 256 g/mol. The van der Waals surface area contributed by atoms with Crippen molar-refractivity contribution in [3.05, 3.63) is 44.0 Å². The molecule has 2 aromatic heterocycles. The summed E-state index contributed by atoms with van der Waals surface area (Å²) in [7, 11) is 0. The Morgan fingerprint density at radius 1 is 1.29 bits per heavy atom. The summed E-state index contributed by atoms with van der Waals surface area (Å²) in [5.41, 5.74) is 1.95. The van der Waals surface area contributed by atoms with E-state index in [1.165, 1.54) is 11.3 Å². The zero-order valence-corrected chi connectivity index (χ0v) is 11.7. The van der Waals surface area contributed by atoms with Crippen LogP contribution in [-0.2, 0) is 6.42 Å². The van der Waals surface area contributed by atoms with Crippen molar-refractivity contribution in [3.63, 3.8) is 0 Å². The lowest BCUT2D eigenvalue weighted by atomic mass is 10.0. The fraction of sp³-hybridized carbons (Fsp3) is 0.385. The molecule has 0 saturated carbocycles. The molecule has 0 spiro atoms. The van der Waals surface area contributed by atoms with Gasteiger partial charge in [0, 0.05) is 16.9 Å². The maximum absolute atomic E-state index is 10.3. The Bertz CT molecular complexity index is 528. The number of hydrogen-bond donors (Lipinski definition) is 1. The van der Waals surface area contributed by atoms with Crippen LogP contribution in [0.3, 0.4) is 0 Å². The second kappa shape index (κ2) is 4.84. The molecule has 2 rings (SSSR count). The molecule has 2 nitrogen and oxygen atoms in total. The standard InChI is InChI=1S/C13H15ClO2S/c1-7-8(2)16-9(3)13(7)11(15)6-10-4-5-12(14)17-10/h4-5,11,15H,6H2,1-3H3. The van der Waals surface area contributed by atoms with E-state index in [-0.39, 0.29) is 0 Å².